The Morgan fingerprint density at radius 3 is 2.24 bits per heavy atom. The maximum Gasteiger partial charge on any atom is 0.251 e. The molecule has 1 heterocycles. The zero-order valence-corrected chi connectivity index (χ0v) is 18.0. The van der Waals surface area contributed by atoms with Gasteiger partial charge in [-0.25, -0.2) is 0 Å². The highest BCUT2D eigenvalue weighted by molar-refractivity contribution is 6.30. The number of amides is 2. The van der Waals surface area contributed by atoms with Crippen molar-refractivity contribution in [3.63, 3.8) is 0 Å². The van der Waals surface area contributed by atoms with Crippen LogP contribution < -0.4 is 10.2 Å². The van der Waals surface area contributed by atoms with Crippen LogP contribution in [0.2, 0.25) is 5.02 Å². The average molecular weight is 414 g/mol. The Kier molecular flexibility index (Phi) is 6.48. The normalized spacial score (nSPS) is 14.6. The molecule has 1 fully saturated rings. The predicted molar refractivity (Wildman–Crippen MR) is 118 cm³/mol. The lowest BCUT2D eigenvalue weighted by Crippen LogP contribution is -2.51. The monoisotopic (exact) mass is 413 g/mol. The van der Waals surface area contributed by atoms with Gasteiger partial charge in [0, 0.05) is 42.5 Å². The molecule has 0 aromatic heterocycles. The molecule has 2 aromatic carbocycles. The standard InChI is InChI=1S/C23H28ClN3O2/c1-23(2,3)18-9-7-17(8-10-18)22(29)25-16-21(28)27-13-11-26(12-14-27)20-6-4-5-19(24)15-20/h4-10,15H,11-14,16H2,1-3H3,(H,25,29). The Morgan fingerprint density at radius 2 is 1.66 bits per heavy atom. The van der Waals surface area contributed by atoms with Crippen molar-refractivity contribution in [3.8, 4) is 0 Å². The first kappa shape index (κ1) is 21.2. The van der Waals surface area contributed by atoms with Gasteiger partial charge >= 0.3 is 0 Å². The Bertz CT molecular complexity index is 866. The van der Waals surface area contributed by atoms with E-state index in [-0.39, 0.29) is 23.8 Å². The fourth-order valence-corrected chi connectivity index (χ4v) is 3.56. The lowest BCUT2D eigenvalue weighted by molar-refractivity contribution is -0.130. The molecule has 1 saturated heterocycles. The summed E-state index contributed by atoms with van der Waals surface area (Å²) >= 11 is 6.06. The van der Waals surface area contributed by atoms with Crippen molar-refractivity contribution in [2.45, 2.75) is 26.2 Å². The number of nitrogens with one attached hydrogen (secondary N) is 1. The van der Waals surface area contributed by atoms with Gasteiger partial charge in [0.25, 0.3) is 5.91 Å². The molecule has 0 aliphatic carbocycles. The SMILES string of the molecule is CC(C)(C)c1ccc(C(=O)NCC(=O)N2CCN(c3cccc(Cl)c3)CC2)cc1. The number of halogens is 1. The number of piperazine rings is 1. The van der Waals surface area contributed by atoms with Crippen molar-refractivity contribution in [1.29, 1.82) is 0 Å². The fraction of sp³-hybridized carbons (Fsp3) is 0.391. The molecule has 5 nitrogen and oxygen atoms in total. The minimum Gasteiger partial charge on any atom is -0.368 e. The molecule has 29 heavy (non-hydrogen) atoms. The van der Waals surface area contributed by atoms with Gasteiger partial charge in [-0.05, 0) is 41.3 Å². The summed E-state index contributed by atoms with van der Waals surface area (Å²) in [6.45, 7) is 9.15. The van der Waals surface area contributed by atoms with Crippen molar-refractivity contribution in [2.24, 2.45) is 0 Å². The van der Waals surface area contributed by atoms with Crippen LogP contribution in [0.3, 0.4) is 0 Å². The minimum atomic E-state index is -0.226. The van der Waals surface area contributed by atoms with Crippen LogP contribution in [0, 0.1) is 0 Å². The zero-order chi connectivity index (χ0) is 21.0. The second-order valence-corrected chi connectivity index (χ2v) is 8.79. The number of carbonyl (C=O) groups is 2. The summed E-state index contributed by atoms with van der Waals surface area (Å²) in [7, 11) is 0. The predicted octanol–water partition coefficient (Wildman–Crippen LogP) is 3.72. The van der Waals surface area contributed by atoms with E-state index in [9.17, 15) is 9.59 Å². The Hall–Kier alpha value is -2.53. The van der Waals surface area contributed by atoms with Gasteiger partial charge in [0.1, 0.15) is 0 Å². The topological polar surface area (TPSA) is 52.7 Å². The van der Waals surface area contributed by atoms with Crippen LogP contribution in [0.4, 0.5) is 5.69 Å². The molecule has 154 valence electrons. The van der Waals surface area contributed by atoms with E-state index in [0.29, 0.717) is 23.7 Å². The summed E-state index contributed by atoms with van der Waals surface area (Å²) in [5.41, 5.74) is 2.84. The first-order valence-electron chi connectivity index (χ1n) is 9.91. The van der Waals surface area contributed by atoms with Gasteiger partial charge in [-0.2, -0.15) is 0 Å². The molecule has 0 saturated carbocycles. The number of hydrogen-bond donors (Lipinski definition) is 1. The molecule has 2 aromatic rings. The fourth-order valence-electron chi connectivity index (χ4n) is 3.38. The second-order valence-electron chi connectivity index (χ2n) is 8.36. The van der Waals surface area contributed by atoms with Gasteiger partial charge in [-0.1, -0.05) is 50.6 Å². The van der Waals surface area contributed by atoms with E-state index in [0.717, 1.165) is 18.8 Å². The smallest absolute Gasteiger partial charge is 0.251 e. The quantitative estimate of drug-likeness (QED) is 0.831. The van der Waals surface area contributed by atoms with E-state index in [2.05, 4.69) is 31.0 Å². The zero-order valence-electron chi connectivity index (χ0n) is 17.2. The molecular formula is C23H28ClN3O2. The van der Waals surface area contributed by atoms with Gasteiger partial charge in [0.2, 0.25) is 5.91 Å². The maximum absolute atomic E-state index is 12.5. The molecule has 1 aliphatic rings. The lowest BCUT2D eigenvalue weighted by atomic mass is 9.87. The molecule has 1 N–H and O–H groups in total. The van der Waals surface area contributed by atoms with E-state index >= 15 is 0 Å². The van der Waals surface area contributed by atoms with Gasteiger partial charge in [-0.3, -0.25) is 9.59 Å². The first-order chi connectivity index (χ1) is 13.7. The van der Waals surface area contributed by atoms with Gasteiger partial charge in [0.15, 0.2) is 0 Å². The van der Waals surface area contributed by atoms with E-state index in [1.54, 1.807) is 4.90 Å². The highest BCUT2D eigenvalue weighted by atomic mass is 35.5. The Balaban J connectivity index is 1.48. The summed E-state index contributed by atoms with van der Waals surface area (Å²) in [5.74, 6) is -0.285. The molecule has 0 atom stereocenters. The molecule has 0 radical (unpaired) electrons. The molecule has 0 spiro atoms. The number of benzene rings is 2. The molecular weight excluding hydrogens is 386 g/mol. The van der Waals surface area contributed by atoms with Gasteiger partial charge in [-0.15, -0.1) is 0 Å². The van der Waals surface area contributed by atoms with E-state index in [4.69, 9.17) is 11.6 Å². The van der Waals surface area contributed by atoms with Crippen LogP contribution in [-0.4, -0.2) is 49.4 Å². The third-order valence-corrected chi connectivity index (χ3v) is 5.45. The third kappa shape index (κ3) is 5.51. The Morgan fingerprint density at radius 1 is 1.00 bits per heavy atom. The summed E-state index contributed by atoms with van der Waals surface area (Å²) in [6, 6.07) is 15.3. The maximum atomic E-state index is 12.5. The molecule has 3 rings (SSSR count). The van der Waals surface area contributed by atoms with Crippen molar-refractivity contribution in [3.05, 3.63) is 64.7 Å². The molecule has 6 heteroatoms. The van der Waals surface area contributed by atoms with Crippen LogP contribution in [0.1, 0.15) is 36.7 Å². The summed E-state index contributed by atoms with van der Waals surface area (Å²) in [6.07, 6.45) is 0. The number of carbonyl (C=O) groups excluding carboxylic acids is 2. The Labute approximate surface area is 177 Å². The number of anilines is 1. The van der Waals surface area contributed by atoms with Crippen molar-refractivity contribution in [1.82, 2.24) is 10.2 Å². The largest absolute Gasteiger partial charge is 0.368 e. The number of hydrogen-bond acceptors (Lipinski definition) is 3. The van der Waals surface area contributed by atoms with Crippen LogP contribution in [-0.2, 0) is 10.2 Å². The van der Waals surface area contributed by atoms with Crippen LogP contribution in [0.5, 0.6) is 0 Å². The highest BCUT2D eigenvalue weighted by Crippen LogP contribution is 2.22. The van der Waals surface area contributed by atoms with Crippen molar-refractivity contribution >= 4 is 29.1 Å². The van der Waals surface area contributed by atoms with Crippen molar-refractivity contribution in [2.75, 3.05) is 37.6 Å². The van der Waals surface area contributed by atoms with Crippen LogP contribution in [0.25, 0.3) is 0 Å². The molecule has 2 amide bonds. The number of rotatable bonds is 4. The minimum absolute atomic E-state index is 0.0109. The average Bonchev–Trinajstić information content (AvgIpc) is 2.71. The third-order valence-electron chi connectivity index (χ3n) is 5.22. The van der Waals surface area contributed by atoms with E-state index in [1.807, 2.05) is 48.5 Å². The molecule has 0 bridgehead atoms. The summed E-state index contributed by atoms with van der Waals surface area (Å²) in [5, 5.41) is 3.45. The lowest BCUT2D eigenvalue weighted by Gasteiger charge is -2.36. The molecule has 1 aliphatic heterocycles. The van der Waals surface area contributed by atoms with Crippen LogP contribution in [0.15, 0.2) is 48.5 Å². The van der Waals surface area contributed by atoms with E-state index in [1.165, 1.54) is 5.56 Å². The summed E-state index contributed by atoms with van der Waals surface area (Å²) in [4.78, 5) is 28.9. The number of nitrogens with zero attached hydrogens (tertiary/aromatic N) is 2. The first-order valence-corrected chi connectivity index (χ1v) is 10.3. The van der Waals surface area contributed by atoms with Gasteiger partial charge < -0.3 is 15.1 Å². The summed E-state index contributed by atoms with van der Waals surface area (Å²) < 4.78 is 0. The molecule has 0 unspecified atom stereocenters. The second kappa shape index (κ2) is 8.87. The van der Waals surface area contributed by atoms with E-state index < -0.39 is 0 Å². The van der Waals surface area contributed by atoms with Crippen molar-refractivity contribution < 1.29 is 9.59 Å². The highest BCUT2D eigenvalue weighted by Gasteiger charge is 2.22. The van der Waals surface area contributed by atoms with Gasteiger partial charge in [0.05, 0.1) is 6.54 Å². The van der Waals surface area contributed by atoms with Crippen LogP contribution >= 0.6 is 11.6 Å².